The van der Waals surface area contributed by atoms with Crippen LogP contribution in [0.15, 0.2) is 36.7 Å². The summed E-state index contributed by atoms with van der Waals surface area (Å²) in [6.07, 6.45) is 15.0. The zero-order valence-electron chi connectivity index (χ0n) is 22.8. The van der Waals surface area contributed by atoms with Gasteiger partial charge < -0.3 is 15.4 Å². The first-order valence-corrected chi connectivity index (χ1v) is 14.6. The molecule has 8 heteroatoms. The van der Waals surface area contributed by atoms with Crippen LogP contribution in [0.2, 0.25) is 0 Å². The quantitative estimate of drug-likeness (QED) is 0.622. The summed E-state index contributed by atoms with van der Waals surface area (Å²) in [5, 5.41) is 11.0. The Labute approximate surface area is 226 Å². The number of nitrogens with zero attached hydrogens (tertiary/aromatic N) is 3. The molecule has 1 atom stereocenters. The number of rotatable bonds is 3. The van der Waals surface area contributed by atoms with Crippen molar-refractivity contribution in [2.45, 2.75) is 89.8 Å². The van der Waals surface area contributed by atoms with E-state index in [-0.39, 0.29) is 23.3 Å². The van der Waals surface area contributed by atoms with Gasteiger partial charge in [0.2, 0.25) is 5.91 Å². The summed E-state index contributed by atoms with van der Waals surface area (Å²) in [6.45, 7) is 5.58. The molecule has 1 aromatic carbocycles. The molecule has 3 aliphatic rings. The molecule has 2 amide bonds. The number of fused-ring (bicyclic) bond motifs is 1. The Balaban J connectivity index is 1.20. The first-order valence-electron chi connectivity index (χ1n) is 14.6. The van der Waals surface area contributed by atoms with Crippen molar-refractivity contribution >= 4 is 11.8 Å². The van der Waals surface area contributed by atoms with Gasteiger partial charge in [-0.05, 0) is 70.7 Å². The maximum absolute atomic E-state index is 13.6. The standard InChI is InChI=1S/C30H43N5O3/c1-23-22-38-27-12-6-5-11-26(27)28(36)31-16-8-7-13-30(29(37)33-23)14-17-34(18-15-30)20-24-19-32-35(21-24)25-9-3-2-4-10-25/h5-6,11-12,19,21,23,25H,2-4,7-10,13-18,20,22H2,1H3,(H,31,36)(H,33,37)/t23-/m1/s1. The molecule has 1 saturated carbocycles. The lowest BCUT2D eigenvalue weighted by atomic mass is 9.73. The van der Waals surface area contributed by atoms with Gasteiger partial charge in [-0.25, -0.2) is 0 Å². The number of aromatic nitrogens is 2. The van der Waals surface area contributed by atoms with Crippen molar-refractivity contribution in [1.29, 1.82) is 0 Å². The van der Waals surface area contributed by atoms with Crippen LogP contribution in [0, 0.1) is 5.41 Å². The summed E-state index contributed by atoms with van der Waals surface area (Å²) in [6, 6.07) is 7.70. The predicted octanol–water partition coefficient (Wildman–Crippen LogP) is 4.47. The highest BCUT2D eigenvalue weighted by Gasteiger charge is 2.41. The molecule has 206 valence electrons. The molecule has 2 fully saturated rings. The van der Waals surface area contributed by atoms with E-state index in [0.717, 1.165) is 51.7 Å². The zero-order valence-corrected chi connectivity index (χ0v) is 22.8. The number of likely N-dealkylation sites (tertiary alicyclic amines) is 1. The summed E-state index contributed by atoms with van der Waals surface area (Å²) in [4.78, 5) is 28.8. The van der Waals surface area contributed by atoms with Crippen LogP contribution in [0.5, 0.6) is 5.75 Å². The van der Waals surface area contributed by atoms with E-state index >= 15 is 0 Å². The molecule has 3 heterocycles. The Kier molecular flexibility index (Phi) is 8.67. The molecule has 38 heavy (non-hydrogen) atoms. The molecule has 0 radical (unpaired) electrons. The van der Waals surface area contributed by atoms with Gasteiger partial charge in [0, 0.05) is 24.8 Å². The van der Waals surface area contributed by atoms with Gasteiger partial charge in [0.25, 0.3) is 5.91 Å². The number of para-hydroxylation sites is 1. The number of carbonyl (C=O) groups is 2. The Hall–Kier alpha value is -2.87. The molecular weight excluding hydrogens is 478 g/mol. The third-order valence-corrected chi connectivity index (χ3v) is 8.67. The van der Waals surface area contributed by atoms with E-state index in [1.165, 1.54) is 37.7 Å². The number of amides is 2. The van der Waals surface area contributed by atoms with Crippen molar-refractivity contribution in [3.05, 3.63) is 47.8 Å². The van der Waals surface area contributed by atoms with Crippen molar-refractivity contribution in [2.75, 3.05) is 26.2 Å². The van der Waals surface area contributed by atoms with Crippen LogP contribution in [0.3, 0.4) is 0 Å². The fraction of sp³-hybridized carbons (Fsp3) is 0.633. The summed E-state index contributed by atoms with van der Waals surface area (Å²) < 4.78 is 8.16. The lowest BCUT2D eigenvalue weighted by Gasteiger charge is -2.41. The van der Waals surface area contributed by atoms with E-state index in [2.05, 4.69) is 31.5 Å². The number of ether oxygens (including phenoxy) is 1. The van der Waals surface area contributed by atoms with Gasteiger partial charge in [0.05, 0.1) is 29.3 Å². The van der Waals surface area contributed by atoms with E-state index in [4.69, 9.17) is 4.74 Å². The van der Waals surface area contributed by atoms with Crippen LogP contribution in [-0.2, 0) is 11.3 Å². The first kappa shape index (κ1) is 26.7. The molecule has 1 saturated heterocycles. The van der Waals surface area contributed by atoms with Crippen molar-refractivity contribution in [3.8, 4) is 5.75 Å². The average molecular weight is 522 g/mol. The van der Waals surface area contributed by atoms with Crippen LogP contribution >= 0.6 is 0 Å². The lowest BCUT2D eigenvalue weighted by Crippen LogP contribution is -2.51. The molecule has 8 nitrogen and oxygen atoms in total. The number of hydrogen-bond acceptors (Lipinski definition) is 5. The summed E-state index contributed by atoms with van der Waals surface area (Å²) >= 11 is 0. The molecule has 2 aliphatic heterocycles. The summed E-state index contributed by atoms with van der Waals surface area (Å²) in [7, 11) is 0. The summed E-state index contributed by atoms with van der Waals surface area (Å²) in [5.41, 5.74) is 1.43. The van der Waals surface area contributed by atoms with Gasteiger partial charge >= 0.3 is 0 Å². The predicted molar refractivity (Wildman–Crippen MR) is 147 cm³/mol. The largest absolute Gasteiger partial charge is 0.491 e. The second-order valence-corrected chi connectivity index (χ2v) is 11.6. The Morgan fingerprint density at radius 2 is 1.82 bits per heavy atom. The van der Waals surface area contributed by atoms with Crippen molar-refractivity contribution < 1.29 is 14.3 Å². The minimum absolute atomic E-state index is 0.107. The molecule has 0 bridgehead atoms. The molecule has 1 aliphatic carbocycles. The van der Waals surface area contributed by atoms with Crippen molar-refractivity contribution in [3.63, 3.8) is 0 Å². The zero-order chi connectivity index (χ0) is 26.4. The van der Waals surface area contributed by atoms with E-state index in [1.807, 2.05) is 31.3 Å². The third kappa shape index (κ3) is 6.40. The maximum atomic E-state index is 13.6. The summed E-state index contributed by atoms with van der Waals surface area (Å²) in [5.74, 6) is 0.593. The van der Waals surface area contributed by atoms with Gasteiger partial charge in [0.15, 0.2) is 0 Å². The number of carbonyl (C=O) groups excluding carboxylic acids is 2. The highest BCUT2D eigenvalue weighted by molar-refractivity contribution is 5.96. The SMILES string of the molecule is C[C@@H]1COc2ccccc2C(=O)NCCCCC2(CCN(Cc3cnn(C4CCCCC4)c3)CC2)C(=O)N1. The Bertz CT molecular complexity index is 1090. The minimum Gasteiger partial charge on any atom is -0.491 e. The van der Waals surface area contributed by atoms with Crippen molar-refractivity contribution in [2.24, 2.45) is 5.41 Å². The maximum Gasteiger partial charge on any atom is 0.255 e. The molecule has 0 unspecified atom stereocenters. The van der Waals surface area contributed by atoms with Crippen LogP contribution < -0.4 is 15.4 Å². The monoisotopic (exact) mass is 521 g/mol. The van der Waals surface area contributed by atoms with Gasteiger partial charge in [-0.2, -0.15) is 5.10 Å². The molecule has 2 N–H and O–H groups in total. The molecule has 1 aromatic heterocycles. The smallest absolute Gasteiger partial charge is 0.255 e. The van der Waals surface area contributed by atoms with Crippen molar-refractivity contribution in [1.82, 2.24) is 25.3 Å². The second-order valence-electron chi connectivity index (χ2n) is 11.6. The van der Waals surface area contributed by atoms with Gasteiger partial charge in [0.1, 0.15) is 12.4 Å². The Morgan fingerprint density at radius 1 is 1.03 bits per heavy atom. The van der Waals surface area contributed by atoms with E-state index < -0.39 is 0 Å². The fourth-order valence-corrected chi connectivity index (χ4v) is 6.29. The third-order valence-electron chi connectivity index (χ3n) is 8.67. The highest BCUT2D eigenvalue weighted by Crippen LogP contribution is 2.38. The van der Waals surface area contributed by atoms with Crippen LogP contribution in [0.25, 0.3) is 0 Å². The van der Waals surface area contributed by atoms with Gasteiger partial charge in [-0.1, -0.05) is 37.8 Å². The van der Waals surface area contributed by atoms with Crippen LogP contribution in [-0.4, -0.2) is 58.8 Å². The van der Waals surface area contributed by atoms with Gasteiger partial charge in [-0.15, -0.1) is 0 Å². The first-order chi connectivity index (χ1) is 18.5. The van der Waals surface area contributed by atoms with Gasteiger partial charge in [-0.3, -0.25) is 19.2 Å². The average Bonchev–Trinajstić information content (AvgIpc) is 3.41. The molecule has 5 rings (SSSR count). The molecule has 2 aromatic rings. The van der Waals surface area contributed by atoms with Crippen LogP contribution in [0.1, 0.15) is 93.1 Å². The van der Waals surface area contributed by atoms with E-state index in [0.29, 0.717) is 30.5 Å². The number of hydrogen-bond donors (Lipinski definition) is 2. The second kappa shape index (κ2) is 12.3. The normalized spacial score (nSPS) is 24.1. The molecule has 1 spiro atoms. The van der Waals surface area contributed by atoms with E-state index in [9.17, 15) is 9.59 Å². The number of nitrogens with one attached hydrogen (secondary N) is 2. The van der Waals surface area contributed by atoms with E-state index in [1.54, 1.807) is 6.07 Å². The fourth-order valence-electron chi connectivity index (χ4n) is 6.29. The number of benzene rings is 1. The van der Waals surface area contributed by atoms with Crippen LogP contribution in [0.4, 0.5) is 0 Å². The number of piperidine rings is 1. The minimum atomic E-state index is -0.372. The topological polar surface area (TPSA) is 88.5 Å². The Morgan fingerprint density at radius 3 is 2.63 bits per heavy atom. The molecular formula is C30H43N5O3. The lowest BCUT2D eigenvalue weighted by molar-refractivity contribution is -0.135. The highest BCUT2D eigenvalue weighted by atomic mass is 16.5.